The monoisotopic (exact) mass is 256 g/mol. The second-order valence-electron chi connectivity index (χ2n) is 4.58. The maximum atomic E-state index is 6.01. The molecule has 0 amide bonds. The first-order chi connectivity index (χ1) is 9.19. The molecule has 6 nitrogen and oxygen atoms in total. The number of nitrogens with zero attached hydrogens (tertiary/aromatic N) is 5. The van der Waals surface area contributed by atoms with Crippen molar-refractivity contribution in [2.24, 2.45) is 0 Å². The Balaban J connectivity index is 2.09. The molecule has 0 spiro atoms. The van der Waals surface area contributed by atoms with Gasteiger partial charge in [0.25, 0.3) is 0 Å². The Morgan fingerprint density at radius 1 is 1.32 bits per heavy atom. The normalized spacial score (nSPS) is 11.3. The molecule has 0 bridgehead atoms. The molecule has 2 heterocycles. The van der Waals surface area contributed by atoms with E-state index in [-0.39, 0.29) is 0 Å². The van der Waals surface area contributed by atoms with Crippen molar-refractivity contribution < 1.29 is 0 Å². The van der Waals surface area contributed by atoms with E-state index in [1.165, 1.54) is 5.56 Å². The molecule has 3 rings (SSSR count). The van der Waals surface area contributed by atoms with E-state index in [1.54, 1.807) is 6.33 Å². The van der Waals surface area contributed by atoms with Gasteiger partial charge in [0.05, 0.1) is 17.6 Å². The molecule has 98 valence electrons. The van der Waals surface area contributed by atoms with E-state index < -0.39 is 0 Å². The first kappa shape index (κ1) is 11.7. The fourth-order valence-electron chi connectivity index (χ4n) is 2.22. The van der Waals surface area contributed by atoms with Gasteiger partial charge in [-0.25, -0.2) is 4.98 Å². The molecule has 2 aromatic heterocycles. The average molecular weight is 256 g/mol. The largest absolute Gasteiger partial charge is 0.369 e. The van der Waals surface area contributed by atoms with Gasteiger partial charge in [-0.3, -0.25) is 0 Å². The predicted octanol–water partition coefficient (Wildman–Crippen LogP) is 1.59. The zero-order valence-corrected chi connectivity index (χ0v) is 11.0. The van der Waals surface area contributed by atoms with Gasteiger partial charge in [-0.2, -0.15) is 0 Å². The first-order valence-electron chi connectivity index (χ1n) is 6.28. The van der Waals surface area contributed by atoms with Crippen LogP contribution in [0.5, 0.6) is 0 Å². The highest BCUT2D eigenvalue weighted by Crippen LogP contribution is 2.20. The lowest BCUT2D eigenvalue weighted by Crippen LogP contribution is -2.10. The van der Waals surface area contributed by atoms with Crippen molar-refractivity contribution in [3.63, 3.8) is 0 Å². The van der Waals surface area contributed by atoms with E-state index in [0.717, 1.165) is 23.4 Å². The molecule has 0 radical (unpaired) electrons. The number of aromatic nitrogens is 5. The number of nitrogen functional groups attached to an aromatic ring is 1. The van der Waals surface area contributed by atoms with Gasteiger partial charge in [-0.15, -0.1) is 10.2 Å². The highest BCUT2D eigenvalue weighted by molar-refractivity contribution is 5.79. The minimum Gasteiger partial charge on any atom is -0.369 e. The van der Waals surface area contributed by atoms with Crippen LogP contribution in [0, 0.1) is 6.92 Å². The maximum absolute atomic E-state index is 6.01. The number of anilines is 1. The fraction of sp³-hybridized carbons (Fsp3) is 0.308. The van der Waals surface area contributed by atoms with Gasteiger partial charge in [-0.1, -0.05) is 6.07 Å². The fourth-order valence-corrected chi connectivity index (χ4v) is 2.22. The first-order valence-corrected chi connectivity index (χ1v) is 6.28. The van der Waals surface area contributed by atoms with Crippen LogP contribution in [-0.2, 0) is 13.1 Å². The van der Waals surface area contributed by atoms with E-state index in [9.17, 15) is 0 Å². The second kappa shape index (κ2) is 4.38. The van der Waals surface area contributed by atoms with E-state index in [2.05, 4.69) is 35.1 Å². The topological polar surface area (TPSA) is 74.5 Å². The van der Waals surface area contributed by atoms with E-state index in [0.29, 0.717) is 12.5 Å². The standard InChI is InChI=1S/C13H16N6/c1-3-18-8-15-17-12(18)7-19-11-6-9(2)4-5-10(11)16-13(19)14/h4-6,8H,3,7H2,1-2H3,(H2,14,16). The number of imidazole rings is 1. The summed E-state index contributed by atoms with van der Waals surface area (Å²) in [6.07, 6.45) is 1.73. The molecule has 0 aliphatic rings. The Kier molecular flexibility index (Phi) is 2.70. The van der Waals surface area contributed by atoms with Crippen LogP contribution in [0.25, 0.3) is 11.0 Å². The van der Waals surface area contributed by atoms with Crippen LogP contribution in [0.3, 0.4) is 0 Å². The molecule has 1 aromatic carbocycles. The maximum Gasteiger partial charge on any atom is 0.201 e. The summed E-state index contributed by atoms with van der Waals surface area (Å²) < 4.78 is 3.97. The predicted molar refractivity (Wildman–Crippen MR) is 73.7 cm³/mol. The van der Waals surface area contributed by atoms with Gasteiger partial charge in [0.2, 0.25) is 5.95 Å². The van der Waals surface area contributed by atoms with E-state index in [1.807, 2.05) is 21.3 Å². The summed E-state index contributed by atoms with van der Waals surface area (Å²) >= 11 is 0. The van der Waals surface area contributed by atoms with Crippen LogP contribution < -0.4 is 5.73 Å². The Morgan fingerprint density at radius 3 is 2.95 bits per heavy atom. The molecule has 0 saturated heterocycles. The number of benzene rings is 1. The second-order valence-corrected chi connectivity index (χ2v) is 4.58. The van der Waals surface area contributed by atoms with E-state index in [4.69, 9.17) is 5.73 Å². The minimum atomic E-state index is 0.506. The van der Waals surface area contributed by atoms with Crippen LogP contribution in [0.2, 0.25) is 0 Å². The van der Waals surface area contributed by atoms with Gasteiger partial charge >= 0.3 is 0 Å². The molecule has 0 aliphatic carbocycles. The summed E-state index contributed by atoms with van der Waals surface area (Å²) in [5, 5.41) is 8.08. The van der Waals surface area contributed by atoms with Crippen molar-refractivity contribution in [1.82, 2.24) is 24.3 Å². The third-order valence-corrected chi connectivity index (χ3v) is 3.27. The zero-order valence-electron chi connectivity index (χ0n) is 11.0. The molecular formula is C13H16N6. The Hall–Kier alpha value is -2.37. The van der Waals surface area contributed by atoms with Crippen molar-refractivity contribution in [3.05, 3.63) is 35.9 Å². The number of hydrogen-bond acceptors (Lipinski definition) is 4. The number of hydrogen-bond donors (Lipinski definition) is 1. The molecule has 0 atom stereocenters. The van der Waals surface area contributed by atoms with Gasteiger partial charge in [0.1, 0.15) is 6.33 Å². The number of aryl methyl sites for hydroxylation is 2. The highest BCUT2D eigenvalue weighted by Gasteiger charge is 2.11. The van der Waals surface area contributed by atoms with Crippen molar-refractivity contribution in [2.45, 2.75) is 26.9 Å². The minimum absolute atomic E-state index is 0.506. The quantitative estimate of drug-likeness (QED) is 0.772. The van der Waals surface area contributed by atoms with Crippen molar-refractivity contribution in [3.8, 4) is 0 Å². The van der Waals surface area contributed by atoms with E-state index >= 15 is 0 Å². The van der Waals surface area contributed by atoms with Crippen LogP contribution in [0.4, 0.5) is 5.95 Å². The molecule has 0 unspecified atom stereocenters. The molecule has 0 aliphatic heterocycles. The van der Waals surface area contributed by atoms with Gasteiger partial charge in [0.15, 0.2) is 5.82 Å². The van der Waals surface area contributed by atoms with Gasteiger partial charge < -0.3 is 14.9 Å². The van der Waals surface area contributed by atoms with Crippen LogP contribution >= 0.6 is 0 Å². The van der Waals surface area contributed by atoms with Crippen molar-refractivity contribution >= 4 is 17.0 Å². The lowest BCUT2D eigenvalue weighted by atomic mass is 10.2. The smallest absolute Gasteiger partial charge is 0.201 e. The number of nitrogens with two attached hydrogens (primary N) is 1. The summed E-state index contributed by atoms with van der Waals surface area (Å²) in [6.45, 7) is 5.54. The average Bonchev–Trinajstić information content (AvgIpc) is 2.96. The van der Waals surface area contributed by atoms with Gasteiger partial charge in [0, 0.05) is 6.54 Å². The van der Waals surface area contributed by atoms with Crippen LogP contribution in [0.1, 0.15) is 18.3 Å². The summed E-state index contributed by atoms with van der Waals surface area (Å²) in [7, 11) is 0. The summed E-state index contributed by atoms with van der Waals surface area (Å²) in [4.78, 5) is 4.37. The molecule has 3 aromatic rings. The lowest BCUT2D eigenvalue weighted by Gasteiger charge is -2.07. The van der Waals surface area contributed by atoms with Crippen LogP contribution in [0.15, 0.2) is 24.5 Å². The van der Waals surface area contributed by atoms with Crippen molar-refractivity contribution in [2.75, 3.05) is 5.73 Å². The van der Waals surface area contributed by atoms with Gasteiger partial charge in [-0.05, 0) is 31.5 Å². The number of rotatable bonds is 3. The molecule has 0 fully saturated rings. The lowest BCUT2D eigenvalue weighted by molar-refractivity contribution is 0.663. The Bertz CT molecular complexity index is 724. The SMILES string of the molecule is CCn1cnnc1Cn1c(N)nc2ccc(C)cc21. The highest BCUT2D eigenvalue weighted by atomic mass is 15.3. The third-order valence-electron chi connectivity index (χ3n) is 3.27. The third kappa shape index (κ3) is 1.95. The molecular weight excluding hydrogens is 240 g/mol. The summed E-state index contributed by atoms with van der Waals surface area (Å²) in [5.74, 6) is 1.39. The summed E-state index contributed by atoms with van der Waals surface area (Å²) in [6, 6.07) is 6.11. The van der Waals surface area contributed by atoms with Crippen molar-refractivity contribution in [1.29, 1.82) is 0 Å². The molecule has 19 heavy (non-hydrogen) atoms. The Morgan fingerprint density at radius 2 is 2.16 bits per heavy atom. The number of fused-ring (bicyclic) bond motifs is 1. The molecule has 6 heteroatoms. The summed E-state index contributed by atoms with van der Waals surface area (Å²) in [5.41, 5.74) is 9.13. The Labute approximate surface area is 110 Å². The van der Waals surface area contributed by atoms with Crippen LogP contribution in [-0.4, -0.2) is 24.3 Å². The zero-order chi connectivity index (χ0) is 13.4. The molecule has 0 saturated carbocycles. The molecule has 2 N–H and O–H groups in total.